The lowest BCUT2D eigenvalue weighted by Gasteiger charge is -2.19. The summed E-state index contributed by atoms with van der Waals surface area (Å²) in [4.78, 5) is 24.2. The van der Waals surface area contributed by atoms with Gasteiger partial charge in [-0.2, -0.15) is 13.2 Å². The lowest BCUT2D eigenvalue weighted by molar-refractivity contribution is -0.158. The summed E-state index contributed by atoms with van der Waals surface area (Å²) in [5.41, 5.74) is 0. The first-order valence-electron chi connectivity index (χ1n) is 5.84. The van der Waals surface area contributed by atoms with Crippen molar-refractivity contribution in [3.05, 3.63) is 0 Å². The van der Waals surface area contributed by atoms with E-state index in [1.807, 2.05) is 0 Å². The number of rotatable bonds is 3. The zero-order valence-corrected chi connectivity index (χ0v) is 10.8. The van der Waals surface area contributed by atoms with Gasteiger partial charge in [-0.15, -0.1) is 11.8 Å². The van der Waals surface area contributed by atoms with Crippen LogP contribution in [0.1, 0.15) is 6.42 Å². The summed E-state index contributed by atoms with van der Waals surface area (Å²) in [6.07, 6.45) is -4.18. The first-order valence-corrected chi connectivity index (χ1v) is 6.99. The van der Waals surface area contributed by atoms with Gasteiger partial charge in [0, 0.05) is 18.2 Å². The molecule has 9 heteroatoms. The molecular formula is C10H14F3N3O2S. The summed E-state index contributed by atoms with van der Waals surface area (Å²) in [7, 11) is 0. The third-order valence-electron chi connectivity index (χ3n) is 3.02. The maximum absolute atomic E-state index is 12.2. The van der Waals surface area contributed by atoms with Gasteiger partial charge in [0.2, 0.25) is 11.8 Å². The summed E-state index contributed by atoms with van der Waals surface area (Å²) in [6, 6.07) is -1.20. The molecule has 108 valence electrons. The Labute approximate surface area is 112 Å². The molecule has 2 heterocycles. The average Bonchev–Trinajstić information content (AvgIpc) is 2.92. The van der Waals surface area contributed by atoms with Crippen molar-refractivity contribution in [1.82, 2.24) is 15.5 Å². The number of amides is 2. The zero-order chi connectivity index (χ0) is 14.0. The van der Waals surface area contributed by atoms with Crippen LogP contribution < -0.4 is 10.6 Å². The highest BCUT2D eigenvalue weighted by Crippen LogP contribution is 2.21. The summed E-state index contributed by atoms with van der Waals surface area (Å²) < 4.78 is 36.7. The number of hydrogen-bond donors (Lipinski definition) is 2. The van der Waals surface area contributed by atoms with Gasteiger partial charge in [0.15, 0.2) is 0 Å². The van der Waals surface area contributed by atoms with Gasteiger partial charge in [0.1, 0.15) is 12.6 Å². The molecule has 0 aliphatic carbocycles. The Morgan fingerprint density at radius 1 is 1.53 bits per heavy atom. The second-order valence-electron chi connectivity index (χ2n) is 4.50. The minimum absolute atomic E-state index is 0.0239. The SMILES string of the molecule is O=C(NC1CCN(CC(F)(F)F)C1=O)C1CSCN1. The lowest BCUT2D eigenvalue weighted by Crippen LogP contribution is -2.49. The van der Waals surface area contributed by atoms with Crippen LogP contribution in [-0.2, 0) is 9.59 Å². The van der Waals surface area contributed by atoms with Crippen molar-refractivity contribution >= 4 is 23.6 Å². The Morgan fingerprint density at radius 2 is 2.26 bits per heavy atom. The van der Waals surface area contributed by atoms with E-state index in [0.29, 0.717) is 11.6 Å². The first-order chi connectivity index (χ1) is 8.87. The Balaban J connectivity index is 1.85. The standard InChI is InChI=1S/C10H14F3N3O2S/c11-10(12,13)4-16-2-1-6(9(16)18)15-8(17)7-3-19-5-14-7/h6-7,14H,1-5H2,(H,15,17). The van der Waals surface area contributed by atoms with Crippen molar-refractivity contribution in [3.63, 3.8) is 0 Å². The van der Waals surface area contributed by atoms with E-state index in [9.17, 15) is 22.8 Å². The number of hydrogen-bond acceptors (Lipinski definition) is 4. The maximum Gasteiger partial charge on any atom is 0.406 e. The molecule has 2 fully saturated rings. The Morgan fingerprint density at radius 3 is 2.84 bits per heavy atom. The predicted molar refractivity (Wildman–Crippen MR) is 63.4 cm³/mol. The van der Waals surface area contributed by atoms with Gasteiger partial charge in [0.05, 0.1) is 6.04 Å². The van der Waals surface area contributed by atoms with E-state index in [4.69, 9.17) is 0 Å². The predicted octanol–water partition coefficient (Wildman–Crippen LogP) is -0.0717. The van der Waals surface area contributed by atoms with Crippen molar-refractivity contribution in [2.45, 2.75) is 24.7 Å². The molecule has 0 saturated carbocycles. The molecule has 2 N–H and O–H groups in total. The van der Waals surface area contributed by atoms with E-state index in [2.05, 4.69) is 10.6 Å². The summed E-state index contributed by atoms with van der Waals surface area (Å²) in [5.74, 6) is 0.296. The van der Waals surface area contributed by atoms with Crippen LogP contribution >= 0.6 is 11.8 Å². The van der Waals surface area contributed by atoms with Gasteiger partial charge in [-0.05, 0) is 6.42 Å². The maximum atomic E-state index is 12.2. The molecule has 0 bridgehead atoms. The van der Waals surface area contributed by atoms with E-state index in [0.717, 1.165) is 4.90 Å². The minimum Gasteiger partial charge on any atom is -0.343 e. The lowest BCUT2D eigenvalue weighted by atomic mass is 10.2. The highest BCUT2D eigenvalue weighted by molar-refractivity contribution is 7.99. The number of carbonyl (C=O) groups excluding carboxylic acids is 2. The van der Waals surface area contributed by atoms with Crippen LogP contribution in [0.25, 0.3) is 0 Å². The fourth-order valence-electron chi connectivity index (χ4n) is 2.08. The Hall–Kier alpha value is -0.960. The van der Waals surface area contributed by atoms with Crippen LogP contribution in [0.4, 0.5) is 13.2 Å². The fourth-order valence-corrected chi connectivity index (χ4v) is 3.02. The second-order valence-corrected chi connectivity index (χ2v) is 5.53. The number of nitrogens with one attached hydrogen (secondary N) is 2. The van der Waals surface area contributed by atoms with Gasteiger partial charge >= 0.3 is 6.18 Å². The molecule has 2 saturated heterocycles. The van der Waals surface area contributed by atoms with E-state index in [1.54, 1.807) is 11.8 Å². The van der Waals surface area contributed by atoms with Crippen LogP contribution in [0.3, 0.4) is 0 Å². The number of carbonyl (C=O) groups is 2. The Bertz CT molecular complexity index is 372. The van der Waals surface area contributed by atoms with E-state index < -0.39 is 24.7 Å². The van der Waals surface area contributed by atoms with Gasteiger partial charge < -0.3 is 10.2 Å². The number of nitrogens with zero attached hydrogens (tertiary/aromatic N) is 1. The molecule has 0 aromatic rings. The smallest absolute Gasteiger partial charge is 0.343 e. The van der Waals surface area contributed by atoms with Gasteiger partial charge in [-0.25, -0.2) is 0 Å². The van der Waals surface area contributed by atoms with E-state index >= 15 is 0 Å². The largest absolute Gasteiger partial charge is 0.406 e. The normalized spacial score (nSPS) is 27.9. The van der Waals surface area contributed by atoms with E-state index in [1.165, 1.54) is 0 Å². The number of halogens is 3. The molecule has 0 spiro atoms. The van der Waals surface area contributed by atoms with Crippen LogP contribution in [-0.4, -0.2) is 59.7 Å². The van der Waals surface area contributed by atoms with Crippen molar-refractivity contribution in [3.8, 4) is 0 Å². The number of likely N-dealkylation sites (tertiary alicyclic amines) is 1. The van der Waals surface area contributed by atoms with Crippen LogP contribution in [0.5, 0.6) is 0 Å². The monoisotopic (exact) mass is 297 g/mol. The fraction of sp³-hybridized carbons (Fsp3) is 0.800. The molecule has 2 aliphatic heterocycles. The molecule has 2 unspecified atom stereocenters. The van der Waals surface area contributed by atoms with Crippen molar-refractivity contribution in [2.24, 2.45) is 0 Å². The van der Waals surface area contributed by atoms with Crippen molar-refractivity contribution < 1.29 is 22.8 Å². The van der Waals surface area contributed by atoms with Crippen LogP contribution in [0.15, 0.2) is 0 Å². The summed E-state index contributed by atoms with van der Waals surface area (Å²) in [5, 5.41) is 5.45. The van der Waals surface area contributed by atoms with Gasteiger partial charge in [-0.3, -0.25) is 14.9 Å². The summed E-state index contributed by atoms with van der Waals surface area (Å²) in [6.45, 7) is -1.23. The minimum atomic E-state index is -4.40. The van der Waals surface area contributed by atoms with Crippen LogP contribution in [0.2, 0.25) is 0 Å². The second kappa shape index (κ2) is 5.58. The molecule has 2 rings (SSSR count). The zero-order valence-electron chi connectivity index (χ0n) is 10.00. The molecule has 0 aromatic heterocycles. The molecule has 19 heavy (non-hydrogen) atoms. The van der Waals surface area contributed by atoms with Crippen LogP contribution in [0, 0.1) is 0 Å². The van der Waals surface area contributed by atoms with E-state index in [-0.39, 0.29) is 24.9 Å². The first kappa shape index (κ1) is 14.4. The molecule has 2 aliphatic rings. The molecule has 5 nitrogen and oxygen atoms in total. The van der Waals surface area contributed by atoms with Crippen molar-refractivity contribution in [2.75, 3.05) is 24.7 Å². The van der Waals surface area contributed by atoms with Gasteiger partial charge in [-0.1, -0.05) is 0 Å². The highest BCUT2D eigenvalue weighted by Gasteiger charge is 2.40. The molecule has 2 atom stereocenters. The molecule has 0 radical (unpaired) electrons. The summed E-state index contributed by atoms with van der Waals surface area (Å²) >= 11 is 1.56. The number of thioether (sulfide) groups is 1. The highest BCUT2D eigenvalue weighted by atomic mass is 32.2. The molecule has 2 amide bonds. The molecular weight excluding hydrogens is 283 g/mol. The Kier molecular flexibility index (Phi) is 4.24. The third kappa shape index (κ3) is 3.75. The third-order valence-corrected chi connectivity index (χ3v) is 3.96. The number of alkyl halides is 3. The average molecular weight is 297 g/mol. The molecule has 0 aromatic carbocycles. The quantitative estimate of drug-likeness (QED) is 0.765. The van der Waals surface area contributed by atoms with Gasteiger partial charge in [0.25, 0.3) is 0 Å². The van der Waals surface area contributed by atoms with Crippen molar-refractivity contribution in [1.29, 1.82) is 0 Å². The topological polar surface area (TPSA) is 61.4 Å².